The number of rotatable bonds is 5. The van der Waals surface area contributed by atoms with E-state index in [0.29, 0.717) is 12.1 Å². The van der Waals surface area contributed by atoms with Crippen molar-refractivity contribution in [2.24, 2.45) is 0 Å². The van der Waals surface area contributed by atoms with Crippen molar-refractivity contribution in [2.45, 2.75) is 59.3 Å². The minimum atomic E-state index is -0.0237. The first-order valence-corrected chi connectivity index (χ1v) is 5.00. The van der Waals surface area contributed by atoms with Gasteiger partial charge in [-0.15, -0.1) is 0 Å². The summed E-state index contributed by atoms with van der Waals surface area (Å²) in [4.78, 5) is 2.23. The molecule has 0 aromatic rings. The van der Waals surface area contributed by atoms with Gasteiger partial charge in [-0.25, -0.2) is 0 Å². The lowest BCUT2D eigenvalue weighted by Crippen LogP contribution is -2.56. The Kier molecular flexibility index (Phi) is 4.48. The highest BCUT2D eigenvalue weighted by Gasteiger charge is 2.25. The van der Waals surface area contributed by atoms with Gasteiger partial charge in [0.2, 0.25) is 0 Å². The Morgan fingerprint density at radius 3 is 1.92 bits per heavy atom. The molecule has 0 unspecified atom stereocenters. The van der Waals surface area contributed by atoms with Crippen LogP contribution in [-0.2, 0) is 0 Å². The SMILES string of the molecule is C=CN(C(C)C)C(C)(C)NC(C)C. The second-order valence-electron chi connectivity index (χ2n) is 4.54. The van der Waals surface area contributed by atoms with Gasteiger partial charge in [0.05, 0.1) is 5.66 Å². The summed E-state index contributed by atoms with van der Waals surface area (Å²) in [6.07, 6.45) is 1.90. The van der Waals surface area contributed by atoms with Crippen LogP contribution in [0.5, 0.6) is 0 Å². The average molecular weight is 184 g/mol. The summed E-state index contributed by atoms with van der Waals surface area (Å²) in [6.45, 7) is 16.8. The first-order valence-electron chi connectivity index (χ1n) is 5.00. The quantitative estimate of drug-likeness (QED) is 0.661. The number of hydrogen-bond donors (Lipinski definition) is 1. The van der Waals surface area contributed by atoms with Crippen LogP contribution in [0.2, 0.25) is 0 Å². The van der Waals surface area contributed by atoms with Crippen molar-refractivity contribution in [3.05, 3.63) is 12.8 Å². The Bertz CT molecular complexity index is 159. The molecule has 2 heteroatoms. The molecule has 1 N–H and O–H groups in total. The maximum atomic E-state index is 3.84. The Balaban J connectivity index is 4.47. The second-order valence-corrected chi connectivity index (χ2v) is 4.54. The van der Waals surface area contributed by atoms with Gasteiger partial charge in [-0.1, -0.05) is 6.58 Å². The molecule has 0 atom stereocenters. The van der Waals surface area contributed by atoms with E-state index in [1.807, 2.05) is 6.20 Å². The Hall–Kier alpha value is -0.500. The maximum absolute atomic E-state index is 3.84. The summed E-state index contributed by atoms with van der Waals surface area (Å²) in [6, 6.07) is 0.954. The Morgan fingerprint density at radius 1 is 1.23 bits per heavy atom. The van der Waals surface area contributed by atoms with E-state index >= 15 is 0 Å². The van der Waals surface area contributed by atoms with E-state index in [1.54, 1.807) is 0 Å². The second kappa shape index (κ2) is 4.66. The summed E-state index contributed by atoms with van der Waals surface area (Å²) in [5.74, 6) is 0. The zero-order valence-corrected chi connectivity index (χ0v) is 9.89. The lowest BCUT2D eigenvalue weighted by Gasteiger charge is -2.42. The van der Waals surface area contributed by atoms with Crippen LogP contribution in [0.3, 0.4) is 0 Å². The fourth-order valence-corrected chi connectivity index (χ4v) is 1.87. The highest BCUT2D eigenvalue weighted by Crippen LogP contribution is 2.15. The van der Waals surface area contributed by atoms with Gasteiger partial charge in [0.1, 0.15) is 0 Å². The molecule has 0 saturated carbocycles. The zero-order chi connectivity index (χ0) is 10.6. The molecule has 13 heavy (non-hydrogen) atoms. The molecule has 78 valence electrons. The van der Waals surface area contributed by atoms with Crippen molar-refractivity contribution in [1.29, 1.82) is 0 Å². The van der Waals surface area contributed by atoms with Crippen molar-refractivity contribution in [2.75, 3.05) is 0 Å². The van der Waals surface area contributed by atoms with Gasteiger partial charge in [-0.05, 0) is 47.7 Å². The van der Waals surface area contributed by atoms with Crippen LogP contribution >= 0.6 is 0 Å². The third-order valence-corrected chi connectivity index (χ3v) is 2.04. The summed E-state index contributed by atoms with van der Waals surface area (Å²) in [7, 11) is 0. The highest BCUT2D eigenvalue weighted by molar-refractivity contribution is 4.88. The molecule has 0 aliphatic carbocycles. The van der Waals surface area contributed by atoms with E-state index in [2.05, 4.69) is 58.3 Å². The van der Waals surface area contributed by atoms with E-state index in [1.165, 1.54) is 0 Å². The molecule has 0 heterocycles. The van der Waals surface area contributed by atoms with Crippen LogP contribution in [0.4, 0.5) is 0 Å². The van der Waals surface area contributed by atoms with Gasteiger partial charge in [0, 0.05) is 12.1 Å². The van der Waals surface area contributed by atoms with Crippen LogP contribution in [0.1, 0.15) is 41.5 Å². The summed E-state index contributed by atoms with van der Waals surface area (Å²) in [5, 5.41) is 3.51. The maximum Gasteiger partial charge on any atom is 0.0849 e. The number of hydrogen-bond acceptors (Lipinski definition) is 2. The molecule has 2 nitrogen and oxygen atoms in total. The zero-order valence-electron chi connectivity index (χ0n) is 9.89. The van der Waals surface area contributed by atoms with Gasteiger partial charge < -0.3 is 4.90 Å². The van der Waals surface area contributed by atoms with Gasteiger partial charge in [0.25, 0.3) is 0 Å². The molecule has 0 fully saturated rings. The summed E-state index contributed by atoms with van der Waals surface area (Å²) < 4.78 is 0. The molecule has 0 spiro atoms. The fraction of sp³-hybridized carbons (Fsp3) is 0.818. The normalized spacial score (nSPS) is 12.3. The van der Waals surface area contributed by atoms with E-state index in [9.17, 15) is 0 Å². The Morgan fingerprint density at radius 2 is 1.69 bits per heavy atom. The van der Waals surface area contributed by atoms with Gasteiger partial charge in [-0.2, -0.15) is 0 Å². The van der Waals surface area contributed by atoms with Crippen LogP contribution in [0, 0.1) is 0 Å². The van der Waals surface area contributed by atoms with Crippen molar-refractivity contribution in [3.63, 3.8) is 0 Å². The van der Waals surface area contributed by atoms with Crippen LogP contribution in [0.15, 0.2) is 12.8 Å². The van der Waals surface area contributed by atoms with E-state index in [0.717, 1.165) is 0 Å². The van der Waals surface area contributed by atoms with Crippen molar-refractivity contribution >= 4 is 0 Å². The lowest BCUT2D eigenvalue weighted by molar-refractivity contribution is 0.101. The predicted octanol–water partition coefficient (Wildman–Crippen LogP) is 2.57. The first-order chi connectivity index (χ1) is 5.81. The molecular weight excluding hydrogens is 160 g/mol. The van der Waals surface area contributed by atoms with Crippen LogP contribution < -0.4 is 5.32 Å². The van der Waals surface area contributed by atoms with Crippen molar-refractivity contribution in [1.82, 2.24) is 10.2 Å². The third kappa shape index (κ3) is 3.81. The van der Waals surface area contributed by atoms with Crippen molar-refractivity contribution < 1.29 is 0 Å². The standard InChI is InChI=1S/C11H24N2/c1-8-13(10(4)5)11(6,7)12-9(2)3/h8-10,12H,1H2,2-7H3. The minimum Gasteiger partial charge on any atom is -0.358 e. The first kappa shape index (κ1) is 12.5. The number of nitrogens with one attached hydrogen (secondary N) is 1. The topological polar surface area (TPSA) is 15.3 Å². The summed E-state index contributed by atoms with van der Waals surface area (Å²) >= 11 is 0. The van der Waals surface area contributed by atoms with Gasteiger partial charge in [0.15, 0.2) is 0 Å². The Labute approximate surface area is 83.0 Å². The molecule has 0 rings (SSSR count). The molecule has 0 radical (unpaired) electrons. The minimum absolute atomic E-state index is 0.0237. The molecule has 0 aliphatic rings. The van der Waals surface area contributed by atoms with Gasteiger partial charge in [-0.3, -0.25) is 5.32 Å². The summed E-state index contributed by atoms with van der Waals surface area (Å²) in [5.41, 5.74) is -0.0237. The molecule has 0 aliphatic heterocycles. The molecule has 0 saturated heterocycles. The molecule has 0 aromatic carbocycles. The van der Waals surface area contributed by atoms with Crippen LogP contribution in [0.25, 0.3) is 0 Å². The number of nitrogens with zero attached hydrogens (tertiary/aromatic N) is 1. The molecular formula is C11H24N2. The average Bonchev–Trinajstić information content (AvgIpc) is 1.82. The molecule has 0 bridgehead atoms. The molecule has 0 aromatic heterocycles. The highest BCUT2D eigenvalue weighted by atomic mass is 15.3. The van der Waals surface area contributed by atoms with Crippen LogP contribution in [-0.4, -0.2) is 22.6 Å². The van der Waals surface area contributed by atoms with E-state index in [-0.39, 0.29) is 5.66 Å². The molecule has 0 amide bonds. The smallest absolute Gasteiger partial charge is 0.0849 e. The fourth-order valence-electron chi connectivity index (χ4n) is 1.87. The van der Waals surface area contributed by atoms with Crippen molar-refractivity contribution in [3.8, 4) is 0 Å². The predicted molar refractivity (Wildman–Crippen MR) is 59.5 cm³/mol. The largest absolute Gasteiger partial charge is 0.358 e. The van der Waals surface area contributed by atoms with E-state index in [4.69, 9.17) is 0 Å². The monoisotopic (exact) mass is 184 g/mol. The van der Waals surface area contributed by atoms with Gasteiger partial charge >= 0.3 is 0 Å². The lowest BCUT2D eigenvalue weighted by atomic mass is 10.1. The third-order valence-electron chi connectivity index (χ3n) is 2.04. The van der Waals surface area contributed by atoms with E-state index < -0.39 is 0 Å².